The lowest BCUT2D eigenvalue weighted by atomic mass is 10.3. The van der Waals surface area contributed by atoms with Gasteiger partial charge in [-0.25, -0.2) is 4.79 Å². The second kappa shape index (κ2) is 1.88. The lowest BCUT2D eigenvalue weighted by Gasteiger charge is -1.79. The third-order valence-electron chi connectivity index (χ3n) is 1.45. The van der Waals surface area contributed by atoms with Crippen molar-refractivity contribution in [2.24, 2.45) is 0 Å². The van der Waals surface area contributed by atoms with Gasteiger partial charge in [0.25, 0.3) is 0 Å². The molecule has 1 aliphatic rings. The maximum absolute atomic E-state index is 10.8. The van der Waals surface area contributed by atoms with E-state index in [-0.39, 0.29) is 5.69 Å². The molecule has 4 heteroatoms. The van der Waals surface area contributed by atoms with E-state index < -0.39 is 12.1 Å². The number of carbonyl (C=O) groups excluding carboxylic acids is 2. The van der Waals surface area contributed by atoms with Gasteiger partial charge in [0.15, 0.2) is 6.20 Å². The van der Waals surface area contributed by atoms with E-state index in [2.05, 4.69) is 4.74 Å². The lowest BCUT2D eigenvalue weighted by Crippen LogP contribution is -2.39. The molecular weight excluding hydrogens is 146 g/mol. The van der Waals surface area contributed by atoms with E-state index in [4.69, 9.17) is 0 Å². The third kappa shape index (κ3) is 0.724. The average Bonchev–Trinajstić information content (AvgIpc) is 2.30. The Balaban J connectivity index is 2.69. The summed E-state index contributed by atoms with van der Waals surface area (Å²) in [5, 5.41) is 0. The molecule has 0 radical (unpaired) electrons. The van der Waals surface area contributed by atoms with Crippen molar-refractivity contribution in [2.75, 3.05) is 0 Å². The quantitative estimate of drug-likeness (QED) is 0.299. The Morgan fingerprint density at radius 2 is 2.09 bits per heavy atom. The zero-order valence-electron chi connectivity index (χ0n) is 5.48. The number of ether oxygens (including phenoxy) is 1. The Bertz CT molecular complexity index is 312. The largest absolute Gasteiger partial charge is 0.611 e. The monoisotopic (exact) mass is 150 g/mol. The fraction of sp³-hybridized carbons (Fsp3) is 0. The number of nitrogens with zero attached hydrogens (tertiary/aromatic N) is 1. The molecule has 1 aromatic rings. The summed E-state index contributed by atoms with van der Waals surface area (Å²) in [4.78, 5) is 21.6. The molecule has 2 heterocycles. The first-order valence-corrected chi connectivity index (χ1v) is 3.06. The topological polar surface area (TPSA) is 47.3 Å². The van der Waals surface area contributed by atoms with Gasteiger partial charge in [0.2, 0.25) is 0 Å². The summed E-state index contributed by atoms with van der Waals surface area (Å²) in [6, 6.07) is 4.86. The molecular formula is C7H4NO3+. The summed E-state index contributed by atoms with van der Waals surface area (Å²) in [5.41, 5.74) is 0.275. The molecule has 11 heavy (non-hydrogen) atoms. The Hall–Kier alpha value is -1.71. The molecule has 0 aliphatic carbocycles. The van der Waals surface area contributed by atoms with Gasteiger partial charge in [-0.1, -0.05) is 4.57 Å². The Morgan fingerprint density at radius 3 is 2.82 bits per heavy atom. The highest BCUT2D eigenvalue weighted by atomic mass is 16.6. The van der Waals surface area contributed by atoms with Crippen molar-refractivity contribution in [1.29, 1.82) is 0 Å². The Morgan fingerprint density at radius 1 is 1.27 bits per heavy atom. The van der Waals surface area contributed by atoms with E-state index in [9.17, 15) is 9.59 Å². The minimum absolute atomic E-state index is 0.275. The molecule has 1 aromatic heterocycles. The first-order valence-electron chi connectivity index (χ1n) is 3.06. The van der Waals surface area contributed by atoms with Crippen molar-refractivity contribution in [3.63, 3.8) is 0 Å². The summed E-state index contributed by atoms with van der Waals surface area (Å²) in [5.74, 6) is -0.587. The van der Waals surface area contributed by atoms with Gasteiger partial charge in [0.1, 0.15) is 0 Å². The van der Waals surface area contributed by atoms with Crippen molar-refractivity contribution in [3.05, 3.63) is 30.1 Å². The van der Waals surface area contributed by atoms with Gasteiger partial charge in [-0.05, 0) is 6.07 Å². The number of hydrogen-bond donors (Lipinski definition) is 0. The molecule has 0 saturated carbocycles. The van der Waals surface area contributed by atoms with E-state index in [1.807, 2.05) is 0 Å². The van der Waals surface area contributed by atoms with Gasteiger partial charge in [0.05, 0.1) is 0 Å². The summed E-state index contributed by atoms with van der Waals surface area (Å²) in [7, 11) is 0. The number of carbonyl (C=O) groups is 2. The summed E-state index contributed by atoms with van der Waals surface area (Å²) >= 11 is 0. The van der Waals surface area contributed by atoms with Crippen LogP contribution in [-0.2, 0) is 4.74 Å². The van der Waals surface area contributed by atoms with Crippen LogP contribution in [0.2, 0.25) is 0 Å². The molecule has 0 N–H and O–H groups in total. The number of hydrogen-bond acceptors (Lipinski definition) is 3. The van der Waals surface area contributed by atoms with Crippen molar-refractivity contribution < 1.29 is 18.9 Å². The molecule has 0 unspecified atom stereocenters. The van der Waals surface area contributed by atoms with Gasteiger partial charge in [-0.15, -0.1) is 0 Å². The van der Waals surface area contributed by atoms with Crippen LogP contribution in [0.3, 0.4) is 0 Å². The third-order valence-corrected chi connectivity index (χ3v) is 1.45. The molecule has 2 rings (SSSR count). The van der Waals surface area contributed by atoms with Crippen molar-refractivity contribution in [1.82, 2.24) is 0 Å². The van der Waals surface area contributed by atoms with Crippen molar-refractivity contribution in [2.45, 2.75) is 0 Å². The number of aromatic nitrogens is 1. The minimum atomic E-state index is -0.634. The molecule has 1 aliphatic heterocycles. The first kappa shape index (κ1) is 6.03. The SMILES string of the molecule is O=C1OC(=O)[n+]2ccccc21. The molecule has 0 saturated heterocycles. The average molecular weight is 150 g/mol. The van der Waals surface area contributed by atoms with Crippen LogP contribution in [-0.4, -0.2) is 12.1 Å². The van der Waals surface area contributed by atoms with Gasteiger partial charge < -0.3 is 4.74 Å². The highest BCUT2D eigenvalue weighted by Gasteiger charge is 2.38. The molecule has 4 nitrogen and oxygen atoms in total. The highest BCUT2D eigenvalue weighted by Crippen LogP contribution is 2.01. The van der Waals surface area contributed by atoms with Gasteiger partial charge in [0, 0.05) is 12.1 Å². The highest BCUT2D eigenvalue weighted by molar-refractivity contribution is 5.96. The standard InChI is InChI=1S/C7H4NO3/c9-6-5-3-1-2-4-8(5)7(10)11-6/h1-4H/q+1. The molecule has 0 atom stereocenters. The van der Waals surface area contributed by atoms with E-state index >= 15 is 0 Å². The van der Waals surface area contributed by atoms with Gasteiger partial charge >= 0.3 is 17.8 Å². The Kier molecular flexibility index (Phi) is 1.03. The number of esters is 1. The van der Waals surface area contributed by atoms with Crippen LogP contribution in [0.4, 0.5) is 4.79 Å². The van der Waals surface area contributed by atoms with Crippen LogP contribution in [0.1, 0.15) is 10.5 Å². The predicted molar refractivity (Wildman–Crippen MR) is 32.8 cm³/mol. The number of rotatable bonds is 0. The second-order valence-corrected chi connectivity index (χ2v) is 2.11. The van der Waals surface area contributed by atoms with Crippen LogP contribution in [0, 0.1) is 0 Å². The zero-order valence-corrected chi connectivity index (χ0v) is 5.48. The van der Waals surface area contributed by atoms with E-state index in [1.54, 1.807) is 12.1 Å². The molecule has 0 fully saturated rings. The number of fused-ring (bicyclic) bond motifs is 1. The second-order valence-electron chi connectivity index (χ2n) is 2.11. The van der Waals surface area contributed by atoms with Gasteiger partial charge in [-0.3, -0.25) is 0 Å². The van der Waals surface area contributed by atoms with Crippen LogP contribution in [0.25, 0.3) is 0 Å². The molecule has 0 bridgehead atoms. The van der Waals surface area contributed by atoms with Crippen LogP contribution in [0.5, 0.6) is 0 Å². The smallest absolute Gasteiger partial charge is 0.328 e. The maximum atomic E-state index is 10.8. The summed E-state index contributed by atoms with van der Waals surface area (Å²) < 4.78 is 5.49. The first-order chi connectivity index (χ1) is 5.29. The van der Waals surface area contributed by atoms with Crippen LogP contribution in [0.15, 0.2) is 24.4 Å². The summed E-state index contributed by atoms with van der Waals surface area (Å²) in [6.45, 7) is 0. The predicted octanol–water partition coefficient (Wildman–Crippen LogP) is 0.113. The maximum Gasteiger partial charge on any atom is 0.611 e. The molecule has 0 aromatic carbocycles. The fourth-order valence-corrected chi connectivity index (χ4v) is 0.949. The van der Waals surface area contributed by atoms with Gasteiger partial charge in [-0.2, -0.15) is 4.79 Å². The molecule has 0 spiro atoms. The van der Waals surface area contributed by atoms with Crippen LogP contribution >= 0.6 is 0 Å². The molecule has 54 valence electrons. The fourth-order valence-electron chi connectivity index (χ4n) is 0.949. The van der Waals surface area contributed by atoms with E-state index in [1.165, 1.54) is 16.8 Å². The van der Waals surface area contributed by atoms with Crippen molar-refractivity contribution in [3.8, 4) is 0 Å². The minimum Gasteiger partial charge on any atom is -0.328 e. The zero-order chi connectivity index (χ0) is 7.84. The lowest BCUT2D eigenvalue weighted by molar-refractivity contribution is -0.574. The Labute approximate surface area is 62.0 Å². The number of cyclic esters (lactones) is 2. The van der Waals surface area contributed by atoms with E-state index in [0.29, 0.717) is 0 Å². The van der Waals surface area contributed by atoms with Crippen LogP contribution < -0.4 is 4.57 Å². The van der Waals surface area contributed by atoms with Crippen molar-refractivity contribution >= 4 is 12.1 Å². The molecule has 0 amide bonds. The number of pyridine rings is 1. The normalized spacial score (nSPS) is 14.5. The summed E-state index contributed by atoms with van der Waals surface area (Å²) in [6.07, 6.45) is 0.855. The van der Waals surface area contributed by atoms with E-state index in [0.717, 1.165) is 0 Å².